The summed E-state index contributed by atoms with van der Waals surface area (Å²) in [7, 11) is 0. The maximum atomic E-state index is 12.3. The maximum Gasteiger partial charge on any atom is 0.326 e. The van der Waals surface area contributed by atoms with E-state index >= 15 is 0 Å². The number of rotatable bonds is 9. The average molecular weight is 418 g/mol. The molecule has 0 aromatic heterocycles. The second-order valence-corrected chi connectivity index (χ2v) is 7.50. The van der Waals surface area contributed by atoms with Crippen LogP contribution in [0.2, 0.25) is 0 Å². The van der Waals surface area contributed by atoms with Crippen LogP contribution in [-0.2, 0) is 20.8 Å². The van der Waals surface area contributed by atoms with Gasteiger partial charge in [0.15, 0.2) is 0 Å². The molecular weight excluding hydrogens is 392 g/mol. The molecule has 3 aromatic carbocycles. The number of amides is 2. The van der Waals surface area contributed by atoms with Crippen LogP contribution in [0.5, 0.6) is 0 Å². The predicted octanol–water partition coefficient (Wildman–Crippen LogP) is 3.61. The fraction of sp³-hybridized carbons (Fsp3) is 0.240. The zero-order valence-corrected chi connectivity index (χ0v) is 17.4. The van der Waals surface area contributed by atoms with Crippen molar-refractivity contribution in [1.82, 2.24) is 10.6 Å². The van der Waals surface area contributed by atoms with E-state index in [0.717, 1.165) is 21.9 Å². The van der Waals surface area contributed by atoms with Crippen molar-refractivity contribution >= 4 is 28.6 Å². The van der Waals surface area contributed by atoms with Crippen LogP contribution in [0.3, 0.4) is 0 Å². The molecule has 0 spiro atoms. The van der Waals surface area contributed by atoms with E-state index < -0.39 is 17.9 Å². The first-order chi connectivity index (χ1) is 14.9. The minimum absolute atomic E-state index is 0.0103. The Morgan fingerprint density at radius 1 is 0.806 bits per heavy atom. The second-order valence-electron chi connectivity index (χ2n) is 7.50. The Hall–Kier alpha value is -3.67. The molecule has 31 heavy (non-hydrogen) atoms. The van der Waals surface area contributed by atoms with Crippen molar-refractivity contribution in [2.75, 3.05) is 0 Å². The number of aliphatic carboxylic acids is 1. The number of fused-ring (bicyclic) bond motifs is 1. The van der Waals surface area contributed by atoms with Crippen LogP contribution in [0.1, 0.15) is 36.9 Å². The van der Waals surface area contributed by atoms with Crippen molar-refractivity contribution in [1.29, 1.82) is 0 Å². The number of nitrogens with one attached hydrogen (secondary N) is 2. The number of carboxylic acids is 1. The van der Waals surface area contributed by atoms with Gasteiger partial charge in [-0.3, -0.25) is 9.59 Å². The fourth-order valence-corrected chi connectivity index (χ4v) is 3.52. The summed E-state index contributed by atoms with van der Waals surface area (Å²) in [6, 6.07) is 21.7. The SMILES string of the molecule is C[C@@H](NC(=O)CCC(=O)N[C@@H](Cc1cccc2ccccc12)C(=O)O)c1ccccc1. The van der Waals surface area contributed by atoms with Crippen LogP contribution in [0.15, 0.2) is 72.8 Å². The normalized spacial score (nSPS) is 12.7. The van der Waals surface area contributed by atoms with E-state index in [1.807, 2.05) is 79.7 Å². The first-order valence-electron chi connectivity index (χ1n) is 10.3. The first kappa shape index (κ1) is 22.0. The number of carboxylic acid groups (broad SMARTS) is 1. The highest BCUT2D eigenvalue weighted by atomic mass is 16.4. The number of hydrogen-bond acceptors (Lipinski definition) is 3. The summed E-state index contributed by atoms with van der Waals surface area (Å²) in [5, 5.41) is 17.0. The van der Waals surface area contributed by atoms with Crippen LogP contribution in [0.25, 0.3) is 10.8 Å². The van der Waals surface area contributed by atoms with Gasteiger partial charge in [-0.15, -0.1) is 0 Å². The number of hydrogen-bond donors (Lipinski definition) is 3. The van der Waals surface area contributed by atoms with Crippen LogP contribution < -0.4 is 10.6 Å². The van der Waals surface area contributed by atoms with Gasteiger partial charge in [0.2, 0.25) is 11.8 Å². The van der Waals surface area contributed by atoms with Crippen molar-refractivity contribution in [3.05, 3.63) is 83.9 Å². The topological polar surface area (TPSA) is 95.5 Å². The van der Waals surface area contributed by atoms with E-state index in [1.54, 1.807) is 0 Å². The molecule has 0 fully saturated rings. The molecule has 6 heteroatoms. The lowest BCUT2D eigenvalue weighted by Crippen LogP contribution is -2.42. The van der Waals surface area contributed by atoms with Gasteiger partial charge in [0.1, 0.15) is 6.04 Å². The van der Waals surface area contributed by atoms with Crippen molar-refractivity contribution < 1.29 is 19.5 Å². The molecule has 3 rings (SSSR count). The molecule has 0 bridgehead atoms. The molecule has 0 aliphatic heterocycles. The molecule has 2 amide bonds. The fourth-order valence-electron chi connectivity index (χ4n) is 3.52. The monoisotopic (exact) mass is 418 g/mol. The molecule has 0 unspecified atom stereocenters. The lowest BCUT2D eigenvalue weighted by Gasteiger charge is -2.17. The molecule has 0 radical (unpaired) electrons. The van der Waals surface area contributed by atoms with Gasteiger partial charge >= 0.3 is 5.97 Å². The highest BCUT2D eigenvalue weighted by molar-refractivity contribution is 5.89. The smallest absolute Gasteiger partial charge is 0.326 e. The van der Waals surface area contributed by atoms with Gasteiger partial charge < -0.3 is 15.7 Å². The average Bonchev–Trinajstić information content (AvgIpc) is 2.78. The first-order valence-corrected chi connectivity index (χ1v) is 10.3. The highest BCUT2D eigenvalue weighted by Gasteiger charge is 2.22. The zero-order valence-electron chi connectivity index (χ0n) is 17.4. The Bertz CT molecular complexity index is 1060. The van der Waals surface area contributed by atoms with Crippen molar-refractivity contribution in [3.63, 3.8) is 0 Å². The van der Waals surface area contributed by atoms with Crippen LogP contribution in [0.4, 0.5) is 0 Å². The molecule has 0 saturated carbocycles. The Kier molecular flexibility index (Phi) is 7.38. The van der Waals surface area contributed by atoms with E-state index in [9.17, 15) is 19.5 Å². The third kappa shape index (κ3) is 6.15. The standard InChI is InChI=1S/C25H26N2O4/c1-17(18-8-3-2-4-9-18)26-23(28)14-15-24(29)27-22(25(30)31)16-20-12-7-11-19-10-5-6-13-21(19)20/h2-13,17,22H,14-16H2,1H3,(H,26,28)(H,27,29)(H,30,31)/t17-,22+/m1/s1. The van der Waals surface area contributed by atoms with Gasteiger partial charge in [-0.1, -0.05) is 72.8 Å². The lowest BCUT2D eigenvalue weighted by molar-refractivity contribution is -0.141. The molecule has 0 saturated heterocycles. The van der Waals surface area contributed by atoms with Gasteiger partial charge in [0.25, 0.3) is 0 Å². The molecule has 0 aliphatic rings. The van der Waals surface area contributed by atoms with Gasteiger partial charge in [0.05, 0.1) is 6.04 Å². The molecule has 6 nitrogen and oxygen atoms in total. The van der Waals surface area contributed by atoms with Gasteiger partial charge in [-0.25, -0.2) is 4.79 Å². The summed E-state index contributed by atoms with van der Waals surface area (Å²) in [6.45, 7) is 1.87. The predicted molar refractivity (Wildman–Crippen MR) is 119 cm³/mol. The molecule has 160 valence electrons. The Morgan fingerprint density at radius 2 is 1.42 bits per heavy atom. The van der Waals surface area contributed by atoms with E-state index in [0.29, 0.717) is 0 Å². The highest BCUT2D eigenvalue weighted by Crippen LogP contribution is 2.20. The maximum absolute atomic E-state index is 12.3. The summed E-state index contributed by atoms with van der Waals surface area (Å²) in [4.78, 5) is 36.2. The third-order valence-electron chi connectivity index (χ3n) is 5.19. The second kappa shape index (κ2) is 10.4. The minimum Gasteiger partial charge on any atom is -0.480 e. The summed E-state index contributed by atoms with van der Waals surface area (Å²) in [5.74, 6) is -1.83. The quantitative estimate of drug-likeness (QED) is 0.495. The molecule has 0 aliphatic carbocycles. The van der Waals surface area contributed by atoms with Gasteiger partial charge in [-0.05, 0) is 28.8 Å². The molecule has 0 heterocycles. The Labute approximate surface area is 181 Å². The van der Waals surface area contributed by atoms with Gasteiger partial charge in [0, 0.05) is 19.3 Å². The number of benzene rings is 3. The zero-order chi connectivity index (χ0) is 22.2. The van der Waals surface area contributed by atoms with E-state index in [2.05, 4.69) is 10.6 Å². The Morgan fingerprint density at radius 3 is 2.13 bits per heavy atom. The summed E-state index contributed by atoms with van der Waals surface area (Å²) >= 11 is 0. The lowest BCUT2D eigenvalue weighted by atomic mass is 9.98. The Balaban J connectivity index is 1.54. The third-order valence-corrected chi connectivity index (χ3v) is 5.19. The van der Waals surface area contributed by atoms with Gasteiger partial charge in [-0.2, -0.15) is 0 Å². The van der Waals surface area contributed by atoms with Crippen LogP contribution >= 0.6 is 0 Å². The largest absolute Gasteiger partial charge is 0.480 e. The van der Waals surface area contributed by atoms with E-state index in [-0.39, 0.29) is 31.2 Å². The minimum atomic E-state index is -1.11. The van der Waals surface area contributed by atoms with Crippen LogP contribution in [-0.4, -0.2) is 28.9 Å². The number of carbonyl (C=O) groups is 3. The van der Waals surface area contributed by atoms with Crippen molar-refractivity contribution in [3.8, 4) is 0 Å². The summed E-state index contributed by atoms with van der Waals surface area (Å²) in [6.07, 6.45) is 0.0793. The summed E-state index contributed by atoms with van der Waals surface area (Å²) in [5.41, 5.74) is 1.82. The number of carbonyl (C=O) groups excluding carboxylic acids is 2. The van der Waals surface area contributed by atoms with Crippen molar-refractivity contribution in [2.45, 2.75) is 38.3 Å². The summed E-state index contributed by atoms with van der Waals surface area (Å²) < 4.78 is 0. The van der Waals surface area contributed by atoms with E-state index in [4.69, 9.17) is 0 Å². The molecular formula is C25H26N2O4. The molecule has 2 atom stereocenters. The van der Waals surface area contributed by atoms with Crippen LogP contribution in [0, 0.1) is 0 Å². The van der Waals surface area contributed by atoms with Crippen molar-refractivity contribution in [2.24, 2.45) is 0 Å². The molecule has 3 aromatic rings. The molecule has 3 N–H and O–H groups in total. The van der Waals surface area contributed by atoms with E-state index in [1.165, 1.54) is 0 Å².